The second-order valence-corrected chi connectivity index (χ2v) is 12.4. The normalized spacial score (nSPS) is 11.6. The van der Waals surface area contributed by atoms with Crippen LogP contribution in [0, 0.1) is 0 Å². The van der Waals surface area contributed by atoms with Gasteiger partial charge in [0.15, 0.2) is 17.5 Å². The van der Waals surface area contributed by atoms with Gasteiger partial charge in [0.1, 0.15) is 22.3 Å². The Bertz CT molecular complexity index is 2870. The van der Waals surface area contributed by atoms with E-state index < -0.39 is 0 Å². The van der Waals surface area contributed by atoms with Crippen molar-refractivity contribution < 1.29 is 8.83 Å². The van der Waals surface area contributed by atoms with Crippen LogP contribution >= 0.6 is 0 Å². The number of fused-ring (bicyclic) bond motifs is 6. The molecule has 10 aromatic rings. The lowest BCUT2D eigenvalue weighted by molar-refractivity contribution is 0.668. The number of nitrogens with zero attached hydrogens (tertiary/aromatic N) is 3. The van der Waals surface area contributed by atoms with E-state index in [1.54, 1.807) is 0 Å². The van der Waals surface area contributed by atoms with Crippen LogP contribution in [0.4, 0.5) is 0 Å². The third kappa shape index (κ3) is 4.75. The second-order valence-electron chi connectivity index (χ2n) is 12.4. The van der Waals surface area contributed by atoms with Gasteiger partial charge in [0.05, 0.1) is 0 Å². The summed E-state index contributed by atoms with van der Waals surface area (Å²) in [5.41, 5.74) is 10.4. The Labute approximate surface area is 287 Å². The van der Waals surface area contributed by atoms with Gasteiger partial charge < -0.3 is 8.83 Å². The SMILES string of the molecule is c1ccc(-c2cccc(-c3nc(-c4ccc5oc6ccccc6c5c4)nc(-c4cccc5oc6cc(-c7ccccc7)ccc6c45)n3)c2)cc1. The van der Waals surface area contributed by atoms with E-state index in [1.165, 1.54) is 0 Å². The van der Waals surface area contributed by atoms with Crippen LogP contribution in [0.5, 0.6) is 0 Å². The standard InChI is InChI=1S/C45H27N3O2/c1-3-11-28(12-4-1)30-15-9-16-32(25-30)43-46-44(33-22-24-39-37(26-33)34-17-7-8-19-38(34)49-39)48-45(47-43)36-18-10-20-40-42(36)35-23-21-31(27-41(35)50-40)29-13-5-2-6-14-29/h1-27H. The summed E-state index contributed by atoms with van der Waals surface area (Å²) in [6.45, 7) is 0. The first-order valence-corrected chi connectivity index (χ1v) is 16.6. The van der Waals surface area contributed by atoms with Gasteiger partial charge in [-0.25, -0.2) is 15.0 Å². The van der Waals surface area contributed by atoms with Crippen molar-refractivity contribution in [2.75, 3.05) is 0 Å². The molecular weight excluding hydrogens is 615 g/mol. The molecule has 5 nitrogen and oxygen atoms in total. The molecule has 0 aliphatic carbocycles. The van der Waals surface area contributed by atoms with Crippen molar-refractivity contribution in [1.82, 2.24) is 15.0 Å². The summed E-state index contributed by atoms with van der Waals surface area (Å²) in [5.74, 6) is 1.75. The van der Waals surface area contributed by atoms with E-state index >= 15 is 0 Å². The van der Waals surface area contributed by atoms with Crippen LogP contribution in [0.25, 0.3) is 100 Å². The number of aromatic nitrogens is 3. The molecule has 0 bridgehead atoms. The number of benzene rings is 7. The first kappa shape index (κ1) is 28.2. The van der Waals surface area contributed by atoms with Crippen LogP contribution in [0.1, 0.15) is 0 Å². The van der Waals surface area contributed by atoms with Crippen LogP contribution in [0.2, 0.25) is 0 Å². The maximum atomic E-state index is 6.47. The molecule has 0 aliphatic rings. The predicted octanol–water partition coefficient (Wildman–Crippen LogP) is 12.0. The van der Waals surface area contributed by atoms with Crippen molar-refractivity contribution in [3.63, 3.8) is 0 Å². The summed E-state index contributed by atoms with van der Waals surface area (Å²) in [7, 11) is 0. The summed E-state index contributed by atoms with van der Waals surface area (Å²) in [6, 6.07) is 55.8. The van der Waals surface area contributed by atoms with Crippen LogP contribution in [0.3, 0.4) is 0 Å². The molecule has 3 aromatic heterocycles. The summed E-state index contributed by atoms with van der Waals surface area (Å²) in [4.78, 5) is 15.4. The molecule has 7 aromatic carbocycles. The van der Waals surface area contributed by atoms with E-state index in [1.807, 2.05) is 54.6 Å². The van der Waals surface area contributed by atoms with Crippen molar-refractivity contribution in [3.05, 3.63) is 164 Å². The maximum Gasteiger partial charge on any atom is 0.164 e. The Morgan fingerprint density at radius 2 is 0.860 bits per heavy atom. The molecule has 0 amide bonds. The number of rotatable bonds is 5. The summed E-state index contributed by atoms with van der Waals surface area (Å²) in [6.07, 6.45) is 0. The van der Waals surface area contributed by atoms with Gasteiger partial charge in [-0.3, -0.25) is 0 Å². The lowest BCUT2D eigenvalue weighted by Gasteiger charge is -2.10. The van der Waals surface area contributed by atoms with E-state index in [2.05, 4.69) is 109 Å². The Morgan fingerprint density at radius 1 is 0.300 bits per heavy atom. The molecule has 5 heteroatoms. The summed E-state index contributed by atoms with van der Waals surface area (Å²) < 4.78 is 12.6. The van der Waals surface area contributed by atoms with Crippen molar-refractivity contribution >= 4 is 43.9 Å². The van der Waals surface area contributed by atoms with Gasteiger partial charge in [-0.15, -0.1) is 0 Å². The minimum Gasteiger partial charge on any atom is -0.456 e. The van der Waals surface area contributed by atoms with Crippen molar-refractivity contribution in [3.8, 4) is 56.4 Å². The lowest BCUT2D eigenvalue weighted by atomic mass is 10.0. The fourth-order valence-electron chi connectivity index (χ4n) is 6.91. The number of hydrogen-bond acceptors (Lipinski definition) is 5. The number of furan rings is 2. The van der Waals surface area contributed by atoms with Crippen LogP contribution in [0.15, 0.2) is 173 Å². The Morgan fingerprint density at radius 3 is 1.66 bits per heavy atom. The third-order valence-corrected chi connectivity index (χ3v) is 9.34. The molecule has 0 atom stereocenters. The Hall–Kier alpha value is -6.85. The third-order valence-electron chi connectivity index (χ3n) is 9.34. The van der Waals surface area contributed by atoms with E-state index in [0.29, 0.717) is 17.5 Å². The summed E-state index contributed by atoms with van der Waals surface area (Å²) in [5, 5.41) is 4.06. The minimum atomic E-state index is 0.577. The maximum absolute atomic E-state index is 6.47. The van der Waals surface area contributed by atoms with Gasteiger partial charge in [-0.05, 0) is 70.8 Å². The van der Waals surface area contributed by atoms with Crippen LogP contribution in [-0.2, 0) is 0 Å². The van der Waals surface area contributed by atoms with E-state index in [0.717, 1.165) is 82.8 Å². The molecule has 0 aliphatic heterocycles. The highest BCUT2D eigenvalue weighted by molar-refractivity contribution is 6.12. The molecule has 10 rings (SSSR count). The average Bonchev–Trinajstić information content (AvgIpc) is 3.76. The zero-order valence-corrected chi connectivity index (χ0v) is 26.7. The molecule has 0 spiro atoms. The van der Waals surface area contributed by atoms with Crippen molar-refractivity contribution in [2.45, 2.75) is 0 Å². The topological polar surface area (TPSA) is 65.0 Å². The van der Waals surface area contributed by atoms with Gasteiger partial charge in [-0.1, -0.05) is 115 Å². The van der Waals surface area contributed by atoms with Gasteiger partial charge in [0.25, 0.3) is 0 Å². The molecule has 3 heterocycles. The largest absolute Gasteiger partial charge is 0.456 e. The smallest absolute Gasteiger partial charge is 0.164 e. The van der Waals surface area contributed by atoms with Crippen LogP contribution < -0.4 is 0 Å². The molecule has 0 saturated heterocycles. The minimum absolute atomic E-state index is 0.577. The second kappa shape index (κ2) is 11.4. The molecule has 0 unspecified atom stereocenters. The highest BCUT2D eigenvalue weighted by Gasteiger charge is 2.19. The van der Waals surface area contributed by atoms with E-state index in [-0.39, 0.29) is 0 Å². The van der Waals surface area contributed by atoms with Crippen molar-refractivity contribution in [1.29, 1.82) is 0 Å². The van der Waals surface area contributed by atoms with Crippen molar-refractivity contribution in [2.24, 2.45) is 0 Å². The highest BCUT2D eigenvalue weighted by Crippen LogP contribution is 2.39. The first-order chi connectivity index (χ1) is 24.7. The fourth-order valence-corrected chi connectivity index (χ4v) is 6.91. The zero-order valence-electron chi connectivity index (χ0n) is 26.7. The predicted molar refractivity (Wildman–Crippen MR) is 202 cm³/mol. The van der Waals surface area contributed by atoms with Gasteiger partial charge in [-0.2, -0.15) is 0 Å². The first-order valence-electron chi connectivity index (χ1n) is 16.6. The molecule has 0 radical (unpaired) electrons. The number of para-hydroxylation sites is 1. The fraction of sp³-hybridized carbons (Fsp3) is 0. The molecule has 0 fully saturated rings. The van der Waals surface area contributed by atoms with E-state index in [9.17, 15) is 0 Å². The molecule has 234 valence electrons. The van der Waals surface area contributed by atoms with Gasteiger partial charge in [0, 0.05) is 38.2 Å². The van der Waals surface area contributed by atoms with Gasteiger partial charge in [0.2, 0.25) is 0 Å². The van der Waals surface area contributed by atoms with Crippen LogP contribution in [-0.4, -0.2) is 15.0 Å². The average molecular weight is 642 g/mol. The molecular formula is C45H27N3O2. The highest BCUT2D eigenvalue weighted by atomic mass is 16.3. The molecule has 0 saturated carbocycles. The summed E-state index contributed by atoms with van der Waals surface area (Å²) >= 11 is 0. The Kier molecular flexibility index (Phi) is 6.42. The van der Waals surface area contributed by atoms with Gasteiger partial charge >= 0.3 is 0 Å². The quantitative estimate of drug-likeness (QED) is 0.187. The molecule has 50 heavy (non-hydrogen) atoms. The van der Waals surface area contributed by atoms with E-state index in [4.69, 9.17) is 23.8 Å². The number of hydrogen-bond donors (Lipinski definition) is 0. The molecule has 0 N–H and O–H groups in total. The monoisotopic (exact) mass is 641 g/mol. The Balaban J connectivity index is 1.19. The zero-order chi connectivity index (χ0) is 33.0. The lowest BCUT2D eigenvalue weighted by Crippen LogP contribution is -2.00.